The average molecular weight is 654 g/mol. The lowest BCUT2D eigenvalue weighted by Crippen LogP contribution is -2.50. The fourth-order valence-corrected chi connectivity index (χ4v) is 6.68. The fourth-order valence-electron chi connectivity index (χ4n) is 6.10. The molecule has 0 spiro atoms. The molecule has 44 heavy (non-hydrogen) atoms. The number of rotatable bonds is 8. The Bertz CT molecular complexity index is 1540. The van der Waals surface area contributed by atoms with Gasteiger partial charge in [0.05, 0.1) is 41.1 Å². The molecule has 0 radical (unpaired) electrons. The van der Waals surface area contributed by atoms with Gasteiger partial charge in [0.1, 0.15) is 11.5 Å². The highest BCUT2D eigenvalue weighted by Crippen LogP contribution is 2.47. The van der Waals surface area contributed by atoms with E-state index in [0.717, 1.165) is 50.2 Å². The van der Waals surface area contributed by atoms with Crippen LogP contribution in [0.1, 0.15) is 66.1 Å². The van der Waals surface area contributed by atoms with Gasteiger partial charge in [-0.15, -0.1) is 13.2 Å². The molecule has 2 unspecified atom stereocenters. The number of anilines is 1. The van der Waals surface area contributed by atoms with E-state index in [1.807, 2.05) is 0 Å². The molecule has 3 aliphatic rings. The first-order chi connectivity index (χ1) is 21.0. The van der Waals surface area contributed by atoms with E-state index in [2.05, 4.69) is 19.9 Å². The summed E-state index contributed by atoms with van der Waals surface area (Å²) in [7, 11) is 1.11. The summed E-state index contributed by atoms with van der Waals surface area (Å²) in [6.07, 6.45) is -0.668. The maximum absolute atomic E-state index is 13.4. The predicted molar refractivity (Wildman–Crippen MR) is 154 cm³/mol. The first-order valence-corrected chi connectivity index (χ1v) is 14.9. The molecule has 1 N–H and O–H groups in total. The molecule has 2 saturated heterocycles. The highest BCUT2D eigenvalue weighted by molar-refractivity contribution is 6.39. The second-order valence-corrected chi connectivity index (χ2v) is 11.9. The Morgan fingerprint density at radius 2 is 1.75 bits per heavy atom. The first-order valence-electron chi connectivity index (χ1n) is 14.1. The van der Waals surface area contributed by atoms with Crippen molar-refractivity contribution in [2.24, 2.45) is 0 Å². The number of carbonyl (C=O) groups is 2. The minimum Gasteiger partial charge on any atom is -0.465 e. The van der Waals surface area contributed by atoms with E-state index in [-0.39, 0.29) is 42.0 Å². The van der Waals surface area contributed by atoms with Crippen molar-refractivity contribution in [1.29, 1.82) is 0 Å². The predicted octanol–water partition coefficient (Wildman–Crippen LogP) is 7.96. The Labute approximate surface area is 260 Å². The van der Waals surface area contributed by atoms with E-state index in [9.17, 15) is 22.8 Å². The topological polar surface area (TPSA) is 103 Å². The van der Waals surface area contributed by atoms with Crippen LogP contribution in [0.3, 0.4) is 0 Å². The maximum Gasteiger partial charge on any atom is 0.573 e. The lowest BCUT2D eigenvalue weighted by molar-refractivity contribution is -0.274. The van der Waals surface area contributed by atoms with E-state index >= 15 is 0 Å². The molecule has 1 aromatic heterocycles. The number of nitrogens with one attached hydrogen (secondary N) is 1. The van der Waals surface area contributed by atoms with Gasteiger partial charge in [0, 0.05) is 29.1 Å². The second-order valence-electron chi connectivity index (χ2n) is 11.1. The van der Waals surface area contributed by atoms with Gasteiger partial charge in [0.2, 0.25) is 0 Å². The van der Waals surface area contributed by atoms with Gasteiger partial charge in [-0.3, -0.25) is 0 Å². The molecule has 3 fully saturated rings. The number of aromatic nitrogens is 1. The molecule has 2 aromatic carbocycles. The summed E-state index contributed by atoms with van der Waals surface area (Å²) < 4.78 is 60.2. The maximum atomic E-state index is 13.4. The number of hydrogen-bond acceptors (Lipinski definition) is 7. The second kappa shape index (κ2) is 12.1. The molecule has 9 nitrogen and oxygen atoms in total. The number of benzene rings is 2. The van der Waals surface area contributed by atoms with Crippen LogP contribution in [-0.2, 0) is 16.1 Å². The number of fused-ring (bicyclic) bond motifs is 2. The SMILES string of the molecule is COC(=O)c1ccc(NC(=O)N2C3CCC2CC(OCc2c(-c4c(Cl)cccc4Cl)noc2C2CC2)C3)c(OC(F)(F)F)c1. The highest BCUT2D eigenvalue weighted by Gasteiger charge is 2.44. The first kappa shape index (κ1) is 30.5. The summed E-state index contributed by atoms with van der Waals surface area (Å²) in [6.45, 7) is 0.229. The van der Waals surface area contributed by atoms with Gasteiger partial charge in [-0.05, 0) is 68.9 Å². The highest BCUT2D eigenvalue weighted by atomic mass is 35.5. The molecule has 1 saturated carbocycles. The number of halogens is 5. The molecule has 2 aliphatic heterocycles. The third kappa shape index (κ3) is 6.33. The zero-order chi connectivity index (χ0) is 31.2. The van der Waals surface area contributed by atoms with Crippen molar-refractivity contribution in [1.82, 2.24) is 10.1 Å². The van der Waals surface area contributed by atoms with Crippen LogP contribution in [0.15, 0.2) is 40.9 Å². The number of methoxy groups -OCH3 is 1. The van der Waals surface area contributed by atoms with Gasteiger partial charge in [-0.1, -0.05) is 34.4 Å². The van der Waals surface area contributed by atoms with Gasteiger partial charge in [-0.2, -0.15) is 0 Å². The van der Waals surface area contributed by atoms with Crippen LogP contribution in [0.25, 0.3) is 11.3 Å². The molecule has 3 heterocycles. The van der Waals surface area contributed by atoms with E-state index < -0.39 is 24.1 Å². The van der Waals surface area contributed by atoms with Gasteiger partial charge in [-0.25, -0.2) is 9.59 Å². The van der Waals surface area contributed by atoms with Crippen LogP contribution in [-0.4, -0.2) is 53.7 Å². The van der Waals surface area contributed by atoms with Gasteiger partial charge in [0.15, 0.2) is 5.75 Å². The van der Waals surface area contributed by atoms with E-state index in [0.29, 0.717) is 34.1 Å². The fraction of sp³-hybridized carbons (Fsp3) is 0.433. The van der Waals surface area contributed by atoms with Crippen LogP contribution >= 0.6 is 23.2 Å². The van der Waals surface area contributed by atoms with E-state index in [4.69, 9.17) is 32.5 Å². The van der Waals surface area contributed by atoms with Crippen molar-refractivity contribution in [2.45, 2.75) is 75.6 Å². The molecule has 6 rings (SSSR count). The zero-order valence-corrected chi connectivity index (χ0v) is 25.0. The molecule has 3 aromatic rings. The van der Waals surface area contributed by atoms with Crippen molar-refractivity contribution >= 4 is 40.9 Å². The smallest absolute Gasteiger partial charge is 0.465 e. The lowest BCUT2D eigenvalue weighted by atomic mass is 9.99. The lowest BCUT2D eigenvalue weighted by Gasteiger charge is -2.38. The van der Waals surface area contributed by atoms with Crippen LogP contribution in [0.5, 0.6) is 5.75 Å². The number of esters is 1. The van der Waals surface area contributed by atoms with Crippen LogP contribution in [0, 0.1) is 0 Å². The molecule has 14 heteroatoms. The van der Waals surface area contributed by atoms with Gasteiger partial charge in [0.25, 0.3) is 0 Å². The quantitative estimate of drug-likeness (QED) is 0.246. The standard InChI is InChI=1S/C30H28Cl2F3N3O6/c1-41-28(39)16-7-10-23(24(11-16)43-30(33,34)35)36-29(40)38-17-8-9-18(38)13-19(12-17)42-14-20-26(37-44-27(20)15-5-6-15)25-21(31)3-2-4-22(25)32/h2-4,7,10-11,15,17-19H,5-6,8-9,12-14H2,1H3,(H,36,40). The third-order valence-electron chi connectivity index (χ3n) is 8.22. The third-order valence-corrected chi connectivity index (χ3v) is 8.85. The molecule has 1 aliphatic carbocycles. The van der Waals surface area contributed by atoms with Gasteiger partial charge < -0.3 is 29.0 Å². The van der Waals surface area contributed by atoms with E-state index in [1.165, 1.54) is 12.1 Å². The number of amides is 2. The Kier molecular flexibility index (Phi) is 8.42. The monoisotopic (exact) mass is 653 g/mol. The summed E-state index contributed by atoms with van der Waals surface area (Å²) in [4.78, 5) is 26.9. The van der Waals surface area contributed by atoms with Crippen molar-refractivity contribution < 1.29 is 41.5 Å². The summed E-state index contributed by atoms with van der Waals surface area (Å²) in [5, 5.41) is 7.76. The number of alkyl halides is 3. The molecule has 2 bridgehead atoms. The number of piperidine rings is 1. The Morgan fingerprint density at radius 1 is 1.07 bits per heavy atom. The number of ether oxygens (including phenoxy) is 3. The summed E-state index contributed by atoms with van der Waals surface area (Å²) in [6, 6.07) is 7.64. The van der Waals surface area contributed by atoms with Crippen molar-refractivity contribution in [2.75, 3.05) is 12.4 Å². The minimum atomic E-state index is -5.04. The van der Waals surface area contributed by atoms with Crippen molar-refractivity contribution in [3.05, 3.63) is 63.3 Å². The largest absolute Gasteiger partial charge is 0.573 e. The molecule has 2 amide bonds. The summed E-state index contributed by atoms with van der Waals surface area (Å²) in [5.41, 5.74) is 1.58. The normalized spacial score (nSPS) is 21.3. The summed E-state index contributed by atoms with van der Waals surface area (Å²) >= 11 is 12.9. The summed E-state index contributed by atoms with van der Waals surface area (Å²) in [5.74, 6) is -0.516. The Balaban J connectivity index is 1.15. The van der Waals surface area contributed by atoms with E-state index in [1.54, 1.807) is 23.1 Å². The minimum absolute atomic E-state index is 0.152. The van der Waals surface area contributed by atoms with Crippen LogP contribution in [0.4, 0.5) is 23.7 Å². The van der Waals surface area contributed by atoms with Crippen molar-refractivity contribution in [3.63, 3.8) is 0 Å². The number of urea groups is 1. The van der Waals surface area contributed by atoms with Crippen LogP contribution < -0.4 is 10.1 Å². The Hall–Kier alpha value is -3.48. The zero-order valence-electron chi connectivity index (χ0n) is 23.5. The van der Waals surface area contributed by atoms with Crippen molar-refractivity contribution in [3.8, 4) is 17.0 Å². The molecule has 234 valence electrons. The number of nitrogens with zero attached hydrogens (tertiary/aromatic N) is 2. The molecule has 2 atom stereocenters. The average Bonchev–Trinajstić information content (AvgIpc) is 3.67. The molecular weight excluding hydrogens is 626 g/mol. The molecular formula is C30H28Cl2F3N3O6. The number of carbonyl (C=O) groups excluding carboxylic acids is 2. The Morgan fingerprint density at radius 3 is 2.36 bits per heavy atom. The van der Waals surface area contributed by atoms with Gasteiger partial charge >= 0.3 is 18.4 Å². The van der Waals surface area contributed by atoms with Crippen LogP contribution in [0.2, 0.25) is 10.0 Å². The number of hydrogen-bond donors (Lipinski definition) is 1.